The summed E-state index contributed by atoms with van der Waals surface area (Å²) in [5.41, 5.74) is 0. The molecule has 0 heterocycles. The molecule has 5 heteroatoms. The average Bonchev–Trinajstić information content (AvgIpc) is 2.35. The Balaban J connectivity index is 2.87. The number of hydrogen-bond donors (Lipinski definition) is 0. The van der Waals surface area contributed by atoms with Gasteiger partial charge in [0.2, 0.25) is 0 Å². The molecule has 0 aliphatic heterocycles. The fourth-order valence-electron chi connectivity index (χ4n) is 0.969. The minimum atomic E-state index is 0.568. The van der Waals surface area contributed by atoms with Crippen molar-refractivity contribution in [1.29, 1.82) is 0 Å². The topological polar surface area (TPSA) is 46.2 Å². The van der Waals surface area contributed by atoms with Crippen LogP contribution in [0, 0.1) is 0 Å². The van der Waals surface area contributed by atoms with Crippen LogP contribution in [0.3, 0.4) is 0 Å². The Kier molecular flexibility index (Phi) is 15.1. The van der Waals surface area contributed by atoms with Gasteiger partial charge in [0.15, 0.2) is 0 Å². The highest BCUT2D eigenvalue weighted by Gasteiger charge is 1.91. The fraction of sp³-hybridized carbons (Fsp3) is 0.833. The molecule has 0 bridgehead atoms. The van der Waals surface area contributed by atoms with E-state index in [2.05, 4.69) is 6.58 Å². The third-order valence-corrected chi connectivity index (χ3v) is 1.78. The predicted octanol–water partition coefficient (Wildman–Crippen LogP) is 0.885. The molecule has 0 aromatic carbocycles. The van der Waals surface area contributed by atoms with Crippen molar-refractivity contribution in [2.24, 2.45) is 0 Å². The average molecular weight is 248 g/mol. The largest absolute Gasteiger partial charge is 0.382 e. The van der Waals surface area contributed by atoms with E-state index >= 15 is 0 Å². The summed E-state index contributed by atoms with van der Waals surface area (Å²) in [7, 11) is 1.65. The van der Waals surface area contributed by atoms with Crippen LogP contribution in [0.15, 0.2) is 12.7 Å². The number of methoxy groups -OCH3 is 1. The van der Waals surface area contributed by atoms with Gasteiger partial charge in [0.25, 0.3) is 0 Å². The van der Waals surface area contributed by atoms with Crippen molar-refractivity contribution in [3.63, 3.8) is 0 Å². The van der Waals surface area contributed by atoms with Gasteiger partial charge in [-0.15, -0.1) is 6.58 Å². The van der Waals surface area contributed by atoms with Gasteiger partial charge >= 0.3 is 0 Å². The summed E-state index contributed by atoms with van der Waals surface area (Å²) in [6.07, 6.45) is 1.71. The Morgan fingerprint density at radius 1 is 0.706 bits per heavy atom. The first kappa shape index (κ1) is 16.5. The monoisotopic (exact) mass is 248 g/mol. The van der Waals surface area contributed by atoms with E-state index in [0.29, 0.717) is 59.5 Å². The second-order valence-electron chi connectivity index (χ2n) is 3.19. The molecule has 0 N–H and O–H groups in total. The summed E-state index contributed by atoms with van der Waals surface area (Å²) in [5.74, 6) is 0. The highest BCUT2D eigenvalue weighted by atomic mass is 16.6. The molecule has 0 radical (unpaired) electrons. The van der Waals surface area contributed by atoms with Crippen LogP contribution in [-0.4, -0.2) is 66.6 Å². The van der Waals surface area contributed by atoms with Crippen molar-refractivity contribution >= 4 is 0 Å². The van der Waals surface area contributed by atoms with Gasteiger partial charge in [-0.05, 0) is 0 Å². The summed E-state index contributed by atoms with van der Waals surface area (Å²) >= 11 is 0. The summed E-state index contributed by atoms with van der Waals surface area (Å²) in [4.78, 5) is 0. The molecule has 0 amide bonds. The molecule has 0 aromatic heterocycles. The van der Waals surface area contributed by atoms with Crippen molar-refractivity contribution in [1.82, 2.24) is 0 Å². The van der Waals surface area contributed by atoms with Gasteiger partial charge in [0, 0.05) is 7.11 Å². The van der Waals surface area contributed by atoms with E-state index in [1.165, 1.54) is 0 Å². The zero-order valence-corrected chi connectivity index (χ0v) is 10.7. The molecule has 0 spiro atoms. The van der Waals surface area contributed by atoms with Gasteiger partial charge in [-0.25, -0.2) is 0 Å². The lowest BCUT2D eigenvalue weighted by atomic mass is 10.6. The second kappa shape index (κ2) is 15.5. The summed E-state index contributed by atoms with van der Waals surface area (Å²) in [6.45, 7) is 8.85. The maximum absolute atomic E-state index is 5.29. The molecule has 0 fully saturated rings. The van der Waals surface area contributed by atoms with Gasteiger partial charge in [0.1, 0.15) is 0 Å². The Labute approximate surface area is 104 Å². The lowest BCUT2D eigenvalue weighted by Crippen LogP contribution is -2.12. The molecule has 0 aliphatic carbocycles. The quantitative estimate of drug-likeness (QED) is 0.337. The third kappa shape index (κ3) is 15.5. The van der Waals surface area contributed by atoms with Crippen LogP contribution in [0.25, 0.3) is 0 Å². The number of hydrogen-bond acceptors (Lipinski definition) is 5. The molecule has 0 unspecified atom stereocenters. The first-order chi connectivity index (χ1) is 8.41. The molecule has 5 nitrogen and oxygen atoms in total. The smallest absolute Gasteiger partial charge is 0.0704 e. The Morgan fingerprint density at radius 3 is 1.53 bits per heavy atom. The molecule has 0 saturated carbocycles. The van der Waals surface area contributed by atoms with E-state index < -0.39 is 0 Å². The number of ether oxygens (including phenoxy) is 5. The molecular formula is C12H24O5. The molecule has 102 valence electrons. The normalized spacial score (nSPS) is 10.6. The lowest BCUT2D eigenvalue weighted by molar-refractivity contribution is -0.00577. The zero-order valence-electron chi connectivity index (χ0n) is 10.7. The van der Waals surface area contributed by atoms with E-state index in [1.54, 1.807) is 13.2 Å². The van der Waals surface area contributed by atoms with Crippen LogP contribution in [0.2, 0.25) is 0 Å². The lowest BCUT2D eigenvalue weighted by Gasteiger charge is -2.06. The molecule has 0 aliphatic rings. The van der Waals surface area contributed by atoms with Crippen LogP contribution in [0.5, 0.6) is 0 Å². The van der Waals surface area contributed by atoms with Crippen LogP contribution >= 0.6 is 0 Å². The molecule has 0 saturated heterocycles. The number of rotatable bonds is 14. The Bertz CT molecular complexity index is 152. The van der Waals surface area contributed by atoms with Gasteiger partial charge in [-0.1, -0.05) is 6.08 Å². The first-order valence-corrected chi connectivity index (χ1v) is 5.82. The SMILES string of the molecule is C=CCOCCOCCOCCOCCOC. The highest BCUT2D eigenvalue weighted by molar-refractivity contribution is 4.63. The molecule has 0 rings (SSSR count). The molecule has 17 heavy (non-hydrogen) atoms. The maximum Gasteiger partial charge on any atom is 0.0704 e. The van der Waals surface area contributed by atoms with Crippen LogP contribution in [-0.2, 0) is 23.7 Å². The van der Waals surface area contributed by atoms with Gasteiger partial charge in [-0.2, -0.15) is 0 Å². The van der Waals surface area contributed by atoms with Crippen molar-refractivity contribution < 1.29 is 23.7 Å². The van der Waals surface area contributed by atoms with Crippen molar-refractivity contribution in [3.05, 3.63) is 12.7 Å². The Hall–Kier alpha value is -0.460. The van der Waals surface area contributed by atoms with Crippen molar-refractivity contribution in [3.8, 4) is 0 Å². The minimum absolute atomic E-state index is 0.568. The van der Waals surface area contributed by atoms with E-state index in [0.717, 1.165) is 0 Å². The minimum Gasteiger partial charge on any atom is -0.382 e. The highest BCUT2D eigenvalue weighted by Crippen LogP contribution is 1.83. The predicted molar refractivity (Wildman–Crippen MR) is 65.3 cm³/mol. The summed E-state index contributed by atoms with van der Waals surface area (Å²) < 4.78 is 25.8. The third-order valence-electron chi connectivity index (χ3n) is 1.78. The zero-order chi connectivity index (χ0) is 12.6. The van der Waals surface area contributed by atoms with Gasteiger partial charge in [-0.3, -0.25) is 0 Å². The van der Waals surface area contributed by atoms with E-state index in [9.17, 15) is 0 Å². The maximum atomic E-state index is 5.29. The van der Waals surface area contributed by atoms with E-state index in [-0.39, 0.29) is 0 Å². The second-order valence-corrected chi connectivity index (χ2v) is 3.19. The van der Waals surface area contributed by atoms with Gasteiger partial charge < -0.3 is 23.7 Å². The van der Waals surface area contributed by atoms with Gasteiger partial charge in [0.05, 0.1) is 59.5 Å². The molecular weight excluding hydrogens is 224 g/mol. The molecule has 0 aromatic rings. The van der Waals surface area contributed by atoms with E-state index in [1.807, 2.05) is 0 Å². The first-order valence-electron chi connectivity index (χ1n) is 5.82. The van der Waals surface area contributed by atoms with Crippen molar-refractivity contribution in [2.75, 3.05) is 66.6 Å². The van der Waals surface area contributed by atoms with Crippen LogP contribution < -0.4 is 0 Å². The fourth-order valence-corrected chi connectivity index (χ4v) is 0.969. The standard InChI is InChI=1S/C12H24O5/c1-3-4-14-7-8-16-11-12-17-10-9-15-6-5-13-2/h3H,1,4-12H2,2H3. The van der Waals surface area contributed by atoms with Crippen LogP contribution in [0.1, 0.15) is 0 Å². The Morgan fingerprint density at radius 2 is 1.12 bits per heavy atom. The summed E-state index contributed by atoms with van der Waals surface area (Å²) in [5, 5.41) is 0. The molecule has 0 atom stereocenters. The van der Waals surface area contributed by atoms with E-state index in [4.69, 9.17) is 23.7 Å². The summed E-state index contributed by atoms with van der Waals surface area (Å²) in [6, 6.07) is 0. The van der Waals surface area contributed by atoms with Crippen molar-refractivity contribution in [2.45, 2.75) is 0 Å². The van der Waals surface area contributed by atoms with Crippen LogP contribution in [0.4, 0.5) is 0 Å².